The summed E-state index contributed by atoms with van der Waals surface area (Å²) in [5.74, 6) is 0. The number of aryl methyl sites for hydroxylation is 1. The predicted octanol–water partition coefficient (Wildman–Crippen LogP) is 2.82. The van der Waals surface area contributed by atoms with Crippen molar-refractivity contribution in [1.82, 2.24) is 24.7 Å². The summed E-state index contributed by atoms with van der Waals surface area (Å²) >= 11 is 0. The number of nitrogens with zero attached hydrogens (tertiary/aromatic N) is 5. The minimum atomic E-state index is 0.415. The summed E-state index contributed by atoms with van der Waals surface area (Å²) in [6.45, 7) is 7.33. The Morgan fingerprint density at radius 2 is 2.04 bits per heavy atom. The van der Waals surface area contributed by atoms with E-state index in [0.29, 0.717) is 6.04 Å². The largest absolute Gasteiger partial charge is 0.378 e. The van der Waals surface area contributed by atoms with Crippen LogP contribution in [0.25, 0.3) is 5.65 Å². The molecule has 0 saturated carbocycles. The number of rotatable bonds is 4. The van der Waals surface area contributed by atoms with E-state index in [-0.39, 0.29) is 0 Å². The van der Waals surface area contributed by atoms with E-state index in [0.717, 1.165) is 42.2 Å². The fourth-order valence-corrected chi connectivity index (χ4v) is 3.59. The molecular formula is C19H24N6. The molecule has 25 heavy (non-hydrogen) atoms. The minimum Gasteiger partial charge on any atom is -0.378 e. The van der Waals surface area contributed by atoms with Crippen molar-refractivity contribution in [2.45, 2.75) is 39.3 Å². The number of anilines is 1. The predicted molar refractivity (Wildman–Crippen MR) is 98.6 cm³/mol. The van der Waals surface area contributed by atoms with Crippen molar-refractivity contribution in [3.63, 3.8) is 0 Å². The molecule has 1 atom stereocenters. The van der Waals surface area contributed by atoms with Gasteiger partial charge in [-0.25, -0.2) is 0 Å². The van der Waals surface area contributed by atoms with Crippen molar-refractivity contribution in [3.8, 4) is 0 Å². The Morgan fingerprint density at radius 1 is 1.20 bits per heavy atom. The maximum Gasteiger partial charge on any atom is 0.200 e. The van der Waals surface area contributed by atoms with Gasteiger partial charge in [-0.2, -0.15) is 9.61 Å². The molecule has 6 nitrogen and oxygen atoms in total. The van der Waals surface area contributed by atoms with Crippen molar-refractivity contribution < 1.29 is 0 Å². The van der Waals surface area contributed by atoms with Gasteiger partial charge < -0.3 is 5.32 Å². The highest BCUT2D eigenvalue weighted by atomic mass is 15.3. The average molecular weight is 336 g/mol. The van der Waals surface area contributed by atoms with E-state index in [4.69, 9.17) is 0 Å². The van der Waals surface area contributed by atoms with Crippen molar-refractivity contribution in [2.24, 2.45) is 0 Å². The molecule has 0 aliphatic carbocycles. The molecule has 1 aromatic carbocycles. The lowest BCUT2D eigenvalue weighted by Crippen LogP contribution is -2.41. The quantitative estimate of drug-likeness (QED) is 0.794. The Labute approximate surface area is 147 Å². The van der Waals surface area contributed by atoms with Crippen molar-refractivity contribution in [3.05, 3.63) is 53.5 Å². The zero-order valence-electron chi connectivity index (χ0n) is 14.8. The fraction of sp³-hybridized carbons (Fsp3) is 0.421. The summed E-state index contributed by atoms with van der Waals surface area (Å²) in [5, 5.41) is 16.5. The van der Waals surface area contributed by atoms with Crippen LogP contribution in [0, 0.1) is 13.8 Å². The molecule has 2 aromatic heterocycles. The Bertz CT molecular complexity index is 857. The van der Waals surface area contributed by atoms with Crippen LogP contribution in [0.4, 0.5) is 5.69 Å². The highest BCUT2D eigenvalue weighted by molar-refractivity contribution is 5.71. The molecule has 1 aliphatic rings. The minimum absolute atomic E-state index is 0.415. The molecule has 1 saturated heterocycles. The van der Waals surface area contributed by atoms with Crippen LogP contribution < -0.4 is 5.32 Å². The van der Waals surface area contributed by atoms with Gasteiger partial charge in [0.05, 0.1) is 11.4 Å². The Hall–Kier alpha value is -2.47. The lowest BCUT2D eigenvalue weighted by atomic mass is 10.0. The Balaban J connectivity index is 1.51. The smallest absolute Gasteiger partial charge is 0.200 e. The maximum atomic E-state index is 4.50. The van der Waals surface area contributed by atoms with Gasteiger partial charge in [0.15, 0.2) is 0 Å². The Kier molecular flexibility index (Phi) is 4.36. The van der Waals surface area contributed by atoms with E-state index in [1.807, 2.05) is 6.92 Å². The first-order valence-electron chi connectivity index (χ1n) is 8.91. The number of hydrogen-bond acceptors (Lipinski definition) is 5. The lowest BCUT2D eigenvalue weighted by molar-refractivity contribution is 0.208. The number of fused-ring (bicyclic) bond motifs is 1. The van der Waals surface area contributed by atoms with Crippen LogP contribution in [0.15, 0.2) is 36.7 Å². The molecule has 4 rings (SSSR count). The highest BCUT2D eigenvalue weighted by Crippen LogP contribution is 2.25. The number of piperidine rings is 1. The van der Waals surface area contributed by atoms with Gasteiger partial charge in [-0.05, 0) is 44.4 Å². The van der Waals surface area contributed by atoms with E-state index in [9.17, 15) is 0 Å². The molecule has 1 aliphatic heterocycles. The summed E-state index contributed by atoms with van der Waals surface area (Å²) in [6, 6.07) is 11.1. The fourth-order valence-electron chi connectivity index (χ4n) is 3.59. The summed E-state index contributed by atoms with van der Waals surface area (Å²) in [5.41, 5.74) is 5.41. The average Bonchev–Trinajstić information content (AvgIpc) is 3.08. The monoisotopic (exact) mass is 336 g/mol. The number of nitrogens with one attached hydrogen (secondary N) is 1. The van der Waals surface area contributed by atoms with Crippen LogP contribution in [-0.2, 0) is 6.54 Å². The third-order valence-electron chi connectivity index (χ3n) is 5.03. The molecule has 1 N–H and O–H groups in total. The van der Waals surface area contributed by atoms with Gasteiger partial charge in [0.25, 0.3) is 0 Å². The molecule has 130 valence electrons. The Morgan fingerprint density at radius 3 is 2.88 bits per heavy atom. The van der Waals surface area contributed by atoms with Crippen LogP contribution in [-0.4, -0.2) is 43.8 Å². The summed E-state index contributed by atoms with van der Waals surface area (Å²) in [7, 11) is 0. The molecule has 6 heteroatoms. The first-order chi connectivity index (χ1) is 12.2. The third-order valence-corrected chi connectivity index (χ3v) is 5.03. The van der Waals surface area contributed by atoms with Gasteiger partial charge in [-0.1, -0.05) is 30.3 Å². The van der Waals surface area contributed by atoms with Gasteiger partial charge >= 0.3 is 0 Å². The van der Waals surface area contributed by atoms with E-state index < -0.39 is 0 Å². The summed E-state index contributed by atoms with van der Waals surface area (Å²) in [4.78, 5) is 2.53. The van der Waals surface area contributed by atoms with Crippen LogP contribution in [0.5, 0.6) is 0 Å². The first kappa shape index (κ1) is 16.0. The standard InChI is InChI=1S/C19H24N6/c1-14-15(2)23-25-13-20-22-19(25)18(14)21-17-9-6-10-24(12-17)11-16-7-4-3-5-8-16/h3-5,7-8,13,17,21H,6,9-12H2,1-2H3. The molecule has 1 unspecified atom stereocenters. The SMILES string of the molecule is Cc1nn2cnnc2c(NC2CCCN(Cc3ccccc3)C2)c1C. The zero-order chi connectivity index (χ0) is 17.2. The number of likely N-dealkylation sites (tertiary alicyclic amines) is 1. The second kappa shape index (κ2) is 6.80. The maximum absolute atomic E-state index is 4.50. The van der Waals surface area contributed by atoms with Gasteiger partial charge in [0.1, 0.15) is 6.33 Å². The van der Waals surface area contributed by atoms with Gasteiger partial charge in [0.2, 0.25) is 5.65 Å². The van der Waals surface area contributed by atoms with Gasteiger partial charge in [-0.15, -0.1) is 10.2 Å². The number of hydrogen-bond donors (Lipinski definition) is 1. The van der Waals surface area contributed by atoms with Gasteiger partial charge in [0, 0.05) is 19.1 Å². The van der Waals surface area contributed by atoms with E-state index in [1.165, 1.54) is 18.4 Å². The summed E-state index contributed by atoms with van der Waals surface area (Å²) < 4.78 is 1.76. The number of aromatic nitrogens is 4. The molecule has 0 radical (unpaired) electrons. The number of benzene rings is 1. The molecule has 0 spiro atoms. The van der Waals surface area contributed by atoms with E-state index in [2.05, 4.69) is 62.8 Å². The second-order valence-electron chi connectivity index (χ2n) is 6.89. The summed E-state index contributed by atoms with van der Waals surface area (Å²) in [6.07, 6.45) is 4.04. The zero-order valence-corrected chi connectivity index (χ0v) is 14.8. The topological polar surface area (TPSA) is 58.4 Å². The first-order valence-corrected chi connectivity index (χ1v) is 8.91. The molecular weight excluding hydrogens is 312 g/mol. The molecule has 1 fully saturated rings. The van der Waals surface area contributed by atoms with Crippen LogP contribution in [0.1, 0.15) is 29.7 Å². The highest BCUT2D eigenvalue weighted by Gasteiger charge is 2.22. The molecule has 3 aromatic rings. The second-order valence-corrected chi connectivity index (χ2v) is 6.89. The van der Waals surface area contributed by atoms with Crippen LogP contribution in [0.3, 0.4) is 0 Å². The van der Waals surface area contributed by atoms with Crippen LogP contribution in [0.2, 0.25) is 0 Å². The van der Waals surface area contributed by atoms with Crippen LogP contribution >= 0.6 is 0 Å². The third kappa shape index (κ3) is 3.35. The normalized spacial score (nSPS) is 18.6. The van der Waals surface area contributed by atoms with Crippen molar-refractivity contribution in [2.75, 3.05) is 18.4 Å². The van der Waals surface area contributed by atoms with E-state index >= 15 is 0 Å². The molecule has 0 bridgehead atoms. The van der Waals surface area contributed by atoms with Crippen molar-refractivity contribution in [1.29, 1.82) is 0 Å². The molecule has 0 amide bonds. The lowest BCUT2D eigenvalue weighted by Gasteiger charge is -2.34. The molecule has 3 heterocycles. The van der Waals surface area contributed by atoms with Crippen molar-refractivity contribution >= 4 is 11.3 Å². The van der Waals surface area contributed by atoms with Gasteiger partial charge in [-0.3, -0.25) is 4.90 Å². The van der Waals surface area contributed by atoms with E-state index in [1.54, 1.807) is 10.8 Å².